The molecule has 1 aromatic rings. The van der Waals surface area contributed by atoms with Crippen molar-refractivity contribution in [2.45, 2.75) is 74.8 Å². The molecule has 1 aliphatic heterocycles. The number of carbonyl (C=O) groups excluding carboxylic acids is 1. The van der Waals surface area contributed by atoms with Gasteiger partial charge in [0.25, 0.3) is 0 Å². The Hall–Kier alpha value is -2.30. The Labute approximate surface area is 202 Å². The summed E-state index contributed by atoms with van der Waals surface area (Å²) in [7, 11) is 1.84. The SMILES string of the molecule is CN=C(/C=C(\C(C)C)C(C)(C)C)N1CCN(C(=O)OC(C)(C)C)CC1.Cc1ccc(C)cc1. The minimum Gasteiger partial charge on any atom is -0.444 e. The van der Waals surface area contributed by atoms with Gasteiger partial charge in [-0.15, -0.1) is 0 Å². The second-order valence-corrected chi connectivity index (χ2v) is 11.2. The first-order chi connectivity index (χ1) is 15.1. The average Bonchev–Trinajstić information content (AvgIpc) is 2.69. The predicted octanol–water partition coefficient (Wildman–Crippen LogP) is 6.50. The number of piperazine rings is 1. The Bertz CT molecular complexity index is 780. The highest BCUT2D eigenvalue weighted by Gasteiger charge is 2.27. The monoisotopic (exact) mass is 457 g/mol. The van der Waals surface area contributed by atoms with Crippen LogP contribution in [0.5, 0.6) is 0 Å². The van der Waals surface area contributed by atoms with E-state index in [1.54, 1.807) is 4.90 Å². The molecule has 1 saturated heterocycles. The molecule has 1 aromatic carbocycles. The highest BCUT2D eigenvalue weighted by molar-refractivity contribution is 5.94. The van der Waals surface area contributed by atoms with Crippen LogP contribution >= 0.6 is 0 Å². The molecule has 0 bridgehead atoms. The lowest BCUT2D eigenvalue weighted by molar-refractivity contribution is 0.0187. The van der Waals surface area contributed by atoms with Crippen LogP contribution in [0.4, 0.5) is 4.79 Å². The molecule has 1 fully saturated rings. The van der Waals surface area contributed by atoms with Crippen LogP contribution in [0.2, 0.25) is 0 Å². The molecule has 186 valence electrons. The number of aryl methyl sites for hydroxylation is 2. The number of nitrogens with zero attached hydrogens (tertiary/aromatic N) is 3. The van der Waals surface area contributed by atoms with Crippen molar-refractivity contribution in [2.75, 3.05) is 33.2 Å². The zero-order chi connectivity index (χ0) is 25.4. The summed E-state index contributed by atoms with van der Waals surface area (Å²) in [6.45, 7) is 23.9. The maximum atomic E-state index is 12.2. The Morgan fingerprint density at radius 3 is 1.67 bits per heavy atom. The van der Waals surface area contributed by atoms with Crippen LogP contribution in [0.15, 0.2) is 40.9 Å². The summed E-state index contributed by atoms with van der Waals surface area (Å²) in [4.78, 5) is 20.8. The fourth-order valence-corrected chi connectivity index (χ4v) is 3.77. The van der Waals surface area contributed by atoms with Crippen LogP contribution in [-0.4, -0.2) is 60.6 Å². The number of benzene rings is 1. The second kappa shape index (κ2) is 12.2. The molecule has 0 saturated carbocycles. The first-order valence-electron chi connectivity index (χ1n) is 12.1. The molecule has 0 unspecified atom stereocenters. The van der Waals surface area contributed by atoms with Crippen molar-refractivity contribution >= 4 is 11.9 Å². The molecule has 0 atom stereocenters. The molecule has 0 spiro atoms. The Kier molecular flexibility index (Phi) is 10.7. The van der Waals surface area contributed by atoms with Gasteiger partial charge >= 0.3 is 6.09 Å². The van der Waals surface area contributed by atoms with Crippen LogP contribution in [0.25, 0.3) is 0 Å². The van der Waals surface area contributed by atoms with E-state index in [1.807, 2.05) is 27.8 Å². The second-order valence-electron chi connectivity index (χ2n) is 11.2. The fraction of sp³-hybridized carbons (Fsp3) is 0.643. The van der Waals surface area contributed by atoms with Crippen LogP contribution in [0.1, 0.15) is 66.5 Å². The number of hydrogen-bond acceptors (Lipinski definition) is 3. The first-order valence-corrected chi connectivity index (χ1v) is 12.1. The lowest BCUT2D eigenvalue weighted by atomic mass is 9.79. The number of aliphatic imine (C=N–C) groups is 1. The largest absolute Gasteiger partial charge is 0.444 e. The first kappa shape index (κ1) is 28.7. The normalized spacial score (nSPS) is 15.9. The van der Waals surface area contributed by atoms with Crippen molar-refractivity contribution in [3.8, 4) is 0 Å². The Morgan fingerprint density at radius 2 is 1.33 bits per heavy atom. The number of hydrogen-bond donors (Lipinski definition) is 0. The van der Waals surface area contributed by atoms with Crippen LogP contribution in [0.3, 0.4) is 0 Å². The molecule has 1 aliphatic rings. The topological polar surface area (TPSA) is 45.1 Å². The van der Waals surface area contributed by atoms with Crippen molar-refractivity contribution < 1.29 is 9.53 Å². The van der Waals surface area contributed by atoms with Gasteiger partial charge in [0, 0.05) is 33.2 Å². The third-order valence-corrected chi connectivity index (χ3v) is 5.48. The van der Waals surface area contributed by atoms with Crippen molar-refractivity contribution in [2.24, 2.45) is 16.3 Å². The number of amides is 1. The molecule has 0 aliphatic carbocycles. The van der Waals surface area contributed by atoms with E-state index >= 15 is 0 Å². The van der Waals surface area contributed by atoms with Gasteiger partial charge < -0.3 is 14.5 Å². The van der Waals surface area contributed by atoms with Gasteiger partial charge in [-0.2, -0.15) is 0 Å². The van der Waals surface area contributed by atoms with Crippen molar-refractivity contribution in [3.63, 3.8) is 0 Å². The van der Waals surface area contributed by atoms with Crippen molar-refractivity contribution in [1.82, 2.24) is 9.80 Å². The molecule has 33 heavy (non-hydrogen) atoms. The summed E-state index contributed by atoms with van der Waals surface area (Å²) >= 11 is 0. The number of amidine groups is 1. The number of carbonyl (C=O) groups is 1. The number of rotatable bonds is 2. The third kappa shape index (κ3) is 10.4. The predicted molar refractivity (Wildman–Crippen MR) is 141 cm³/mol. The lowest BCUT2D eigenvalue weighted by Crippen LogP contribution is -2.51. The van der Waals surface area contributed by atoms with Gasteiger partial charge in [0.05, 0.1) is 0 Å². The quantitative estimate of drug-likeness (QED) is 0.376. The molecule has 0 N–H and O–H groups in total. The Morgan fingerprint density at radius 1 is 0.909 bits per heavy atom. The Balaban J connectivity index is 0.000000568. The number of allylic oxidation sites excluding steroid dienone is 1. The van der Waals surface area contributed by atoms with Gasteiger partial charge in [0.1, 0.15) is 11.4 Å². The smallest absolute Gasteiger partial charge is 0.410 e. The zero-order valence-corrected chi connectivity index (χ0v) is 23.0. The summed E-state index contributed by atoms with van der Waals surface area (Å²) in [6.07, 6.45) is 2.00. The maximum Gasteiger partial charge on any atom is 0.410 e. The minimum atomic E-state index is -0.453. The summed E-state index contributed by atoms with van der Waals surface area (Å²) in [5.74, 6) is 1.47. The molecule has 2 rings (SSSR count). The van der Waals surface area contributed by atoms with Gasteiger partial charge in [0.2, 0.25) is 0 Å². The summed E-state index contributed by atoms with van der Waals surface area (Å²) in [5, 5.41) is 0. The zero-order valence-electron chi connectivity index (χ0n) is 23.0. The summed E-state index contributed by atoms with van der Waals surface area (Å²) in [6, 6.07) is 8.48. The van der Waals surface area contributed by atoms with E-state index in [0.717, 1.165) is 18.9 Å². The van der Waals surface area contributed by atoms with Gasteiger partial charge in [0.15, 0.2) is 0 Å². The van der Waals surface area contributed by atoms with Crippen LogP contribution < -0.4 is 0 Å². The highest BCUT2D eigenvalue weighted by atomic mass is 16.6. The summed E-state index contributed by atoms with van der Waals surface area (Å²) in [5.41, 5.74) is 3.71. The van der Waals surface area contributed by atoms with E-state index in [-0.39, 0.29) is 11.5 Å². The lowest BCUT2D eigenvalue weighted by Gasteiger charge is -2.37. The molecule has 0 aromatic heterocycles. The van der Waals surface area contributed by atoms with Crippen molar-refractivity contribution in [1.29, 1.82) is 0 Å². The molecular formula is C28H47N3O2. The summed E-state index contributed by atoms with van der Waals surface area (Å²) < 4.78 is 5.47. The number of ether oxygens (including phenoxy) is 1. The van der Waals surface area contributed by atoms with Gasteiger partial charge in [-0.05, 0) is 52.0 Å². The van der Waals surface area contributed by atoms with E-state index in [4.69, 9.17) is 4.74 Å². The van der Waals surface area contributed by atoms with E-state index in [1.165, 1.54) is 16.7 Å². The molecule has 5 heteroatoms. The molecule has 5 nitrogen and oxygen atoms in total. The molecule has 0 radical (unpaired) electrons. The maximum absolute atomic E-state index is 12.2. The van der Waals surface area contributed by atoms with Crippen molar-refractivity contribution in [3.05, 3.63) is 47.0 Å². The molecule has 1 amide bonds. The van der Waals surface area contributed by atoms with E-state index in [2.05, 4.69) is 88.7 Å². The third-order valence-electron chi connectivity index (χ3n) is 5.48. The average molecular weight is 458 g/mol. The van der Waals surface area contributed by atoms with E-state index < -0.39 is 5.60 Å². The van der Waals surface area contributed by atoms with Gasteiger partial charge in [-0.1, -0.05) is 75.6 Å². The van der Waals surface area contributed by atoms with Gasteiger partial charge in [-0.25, -0.2) is 4.79 Å². The van der Waals surface area contributed by atoms with Crippen LogP contribution in [0, 0.1) is 25.2 Å². The van der Waals surface area contributed by atoms with Crippen LogP contribution in [-0.2, 0) is 4.74 Å². The van der Waals surface area contributed by atoms with E-state index in [9.17, 15) is 4.79 Å². The highest BCUT2D eigenvalue weighted by Crippen LogP contribution is 2.31. The minimum absolute atomic E-state index is 0.114. The molecular weight excluding hydrogens is 410 g/mol. The van der Waals surface area contributed by atoms with E-state index in [0.29, 0.717) is 19.0 Å². The standard InChI is InChI=1S/C20H37N3O2.C8H10/c1-15(2)16(19(3,4)5)14-17(21-9)22-10-12-23(13-11-22)18(24)25-20(6,7)8;1-7-3-5-8(2)6-4-7/h14-15H,10-13H2,1-9H3;3-6H,1-2H3/b16-14+,21-17?;. The fourth-order valence-electron chi connectivity index (χ4n) is 3.77. The van der Waals surface area contributed by atoms with Gasteiger partial charge in [-0.3, -0.25) is 4.99 Å². The molecule has 1 heterocycles.